The molecule has 30 heavy (non-hydrogen) atoms. The van der Waals surface area contributed by atoms with Crippen molar-refractivity contribution in [3.63, 3.8) is 0 Å². The van der Waals surface area contributed by atoms with Crippen LogP contribution in [0.5, 0.6) is 0 Å². The number of hydrogen-bond acceptors (Lipinski definition) is 8. The lowest BCUT2D eigenvalue weighted by atomic mass is 10.1. The fourth-order valence-electron chi connectivity index (χ4n) is 2.73. The van der Waals surface area contributed by atoms with Gasteiger partial charge >= 0.3 is 0 Å². The molecule has 1 N–H and O–H groups in total. The largest absolute Gasteiger partial charge is 0.411 e. The van der Waals surface area contributed by atoms with Crippen LogP contribution in [0.1, 0.15) is 25.9 Å². The molecule has 152 valence electrons. The molecule has 10 heteroatoms. The number of hydrogen-bond donors (Lipinski definition) is 1. The lowest BCUT2D eigenvalue weighted by Crippen LogP contribution is -2.11. The summed E-state index contributed by atoms with van der Waals surface area (Å²) >= 11 is 2.49. The van der Waals surface area contributed by atoms with E-state index in [1.165, 1.54) is 47.4 Å². The topological polar surface area (TPSA) is 93.8 Å². The molecule has 0 aliphatic rings. The van der Waals surface area contributed by atoms with E-state index < -0.39 is 5.91 Å². The standard InChI is InChI=1S/C20H16FN5O2S2/c1-11-7-12(2)9-13(8-11)18-24-26-20(28-18)29-10-16-23-25-19(30-16)17(27)22-15-5-3-14(21)4-6-15/h3-9H,10H2,1-2H3,(H,22,27). The summed E-state index contributed by atoms with van der Waals surface area (Å²) in [7, 11) is 0. The van der Waals surface area contributed by atoms with Gasteiger partial charge in [-0.15, -0.1) is 20.4 Å². The van der Waals surface area contributed by atoms with Crippen LogP contribution in [0.2, 0.25) is 0 Å². The SMILES string of the molecule is Cc1cc(C)cc(-c2nnc(SCc3nnc(C(=O)Nc4ccc(F)cc4)s3)o2)c1. The van der Waals surface area contributed by atoms with Gasteiger partial charge in [-0.3, -0.25) is 4.79 Å². The normalized spacial score (nSPS) is 10.9. The first-order valence-corrected chi connectivity index (χ1v) is 10.7. The molecule has 0 unspecified atom stereocenters. The Kier molecular flexibility index (Phi) is 5.86. The van der Waals surface area contributed by atoms with Crippen molar-refractivity contribution >= 4 is 34.7 Å². The van der Waals surface area contributed by atoms with Gasteiger partial charge in [0.1, 0.15) is 10.8 Å². The summed E-state index contributed by atoms with van der Waals surface area (Å²) in [5, 5.41) is 20.1. The summed E-state index contributed by atoms with van der Waals surface area (Å²) in [6.07, 6.45) is 0. The number of nitrogens with zero attached hydrogens (tertiary/aromatic N) is 4. The monoisotopic (exact) mass is 441 g/mol. The molecule has 0 aliphatic carbocycles. The molecule has 0 spiro atoms. The van der Waals surface area contributed by atoms with Gasteiger partial charge < -0.3 is 9.73 Å². The van der Waals surface area contributed by atoms with E-state index in [4.69, 9.17) is 4.42 Å². The molecule has 0 aliphatic heterocycles. The molecule has 2 heterocycles. The first kappa shape index (κ1) is 20.2. The predicted molar refractivity (Wildman–Crippen MR) is 113 cm³/mol. The lowest BCUT2D eigenvalue weighted by Gasteiger charge is -2.01. The number of rotatable bonds is 6. The Balaban J connectivity index is 1.37. The fourth-order valence-corrected chi connectivity index (χ4v) is 4.21. The van der Waals surface area contributed by atoms with Crippen molar-refractivity contribution in [2.45, 2.75) is 24.8 Å². The van der Waals surface area contributed by atoms with Crippen molar-refractivity contribution in [3.8, 4) is 11.5 Å². The Labute approximate surface area is 179 Å². The smallest absolute Gasteiger partial charge is 0.286 e. The Hall–Kier alpha value is -3.11. The van der Waals surface area contributed by atoms with Crippen molar-refractivity contribution in [1.82, 2.24) is 20.4 Å². The van der Waals surface area contributed by atoms with E-state index >= 15 is 0 Å². The Bertz CT molecular complexity index is 1170. The molecule has 0 saturated carbocycles. The van der Waals surface area contributed by atoms with Gasteiger partial charge in [-0.25, -0.2) is 4.39 Å². The Morgan fingerprint density at radius 3 is 2.53 bits per heavy atom. The minimum atomic E-state index is -0.398. The van der Waals surface area contributed by atoms with Gasteiger partial charge in [0.2, 0.25) is 10.9 Å². The first-order valence-electron chi connectivity index (χ1n) is 8.90. The summed E-state index contributed by atoms with van der Waals surface area (Å²) in [5.41, 5.74) is 3.61. The highest BCUT2D eigenvalue weighted by atomic mass is 32.2. The average Bonchev–Trinajstić information content (AvgIpc) is 3.37. The van der Waals surface area contributed by atoms with Gasteiger partial charge in [0.25, 0.3) is 11.1 Å². The molecule has 2 aromatic heterocycles. The predicted octanol–water partition coefficient (Wildman–Crippen LogP) is 4.89. The number of halogens is 1. The van der Waals surface area contributed by atoms with Crippen molar-refractivity contribution < 1.29 is 13.6 Å². The quantitative estimate of drug-likeness (QED) is 0.426. The third-order valence-corrected chi connectivity index (χ3v) is 5.89. The zero-order valence-electron chi connectivity index (χ0n) is 16.0. The zero-order chi connectivity index (χ0) is 21.1. The van der Waals surface area contributed by atoms with Crippen LogP contribution in [0.15, 0.2) is 52.1 Å². The van der Waals surface area contributed by atoms with Gasteiger partial charge in [-0.05, 0) is 50.2 Å². The molecule has 0 fully saturated rings. The number of carbonyl (C=O) groups excluding carboxylic acids is 1. The van der Waals surface area contributed by atoms with Crippen LogP contribution in [0.25, 0.3) is 11.5 Å². The van der Waals surface area contributed by atoms with Gasteiger partial charge in [0.05, 0.1) is 5.75 Å². The van der Waals surface area contributed by atoms with E-state index in [1.807, 2.05) is 26.0 Å². The fraction of sp³-hybridized carbons (Fsp3) is 0.150. The highest BCUT2D eigenvalue weighted by Crippen LogP contribution is 2.27. The number of anilines is 1. The molecule has 0 radical (unpaired) electrons. The van der Waals surface area contributed by atoms with Crippen LogP contribution in [0.4, 0.5) is 10.1 Å². The second-order valence-electron chi connectivity index (χ2n) is 6.50. The summed E-state index contributed by atoms with van der Waals surface area (Å²) in [6.45, 7) is 4.03. The minimum absolute atomic E-state index is 0.219. The molecule has 2 aromatic carbocycles. The van der Waals surface area contributed by atoms with E-state index in [1.54, 1.807) is 0 Å². The van der Waals surface area contributed by atoms with Crippen LogP contribution in [-0.2, 0) is 5.75 Å². The molecule has 4 aromatic rings. The Morgan fingerprint density at radius 1 is 1.07 bits per heavy atom. The second kappa shape index (κ2) is 8.72. The summed E-state index contributed by atoms with van der Waals surface area (Å²) < 4.78 is 18.7. The molecule has 7 nitrogen and oxygen atoms in total. The summed E-state index contributed by atoms with van der Waals surface area (Å²) in [6, 6.07) is 11.6. The number of carbonyl (C=O) groups is 1. The van der Waals surface area contributed by atoms with Crippen LogP contribution < -0.4 is 5.32 Å². The van der Waals surface area contributed by atoms with E-state index in [9.17, 15) is 9.18 Å². The highest BCUT2D eigenvalue weighted by molar-refractivity contribution is 7.98. The van der Waals surface area contributed by atoms with Crippen LogP contribution >= 0.6 is 23.1 Å². The number of nitrogens with one attached hydrogen (secondary N) is 1. The first-order chi connectivity index (χ1) is 14.5. The van der Waals surface area contributed by atoms with Crippen LogP contribution in [0.3, 0.4) is 0 Å². The molecule has 0 bridgehead atoms. The maximum Gasteiger partial charge on any atom is 0.286 e. The number of amides is 1. The lowest BCUT2D eigenvalue weighted by molar-refractivity contribution is 0.102. The van der Waals surface area contributed by atoms with Crippen LogP contribution in [-0.4, -0.2) is 26.3 Å². The molecule has 0 atom stereocenters. The van der Waals surface area contributed by atoms with E-state index in [2.05, 4.69) is 31.8 Å². The van der Waals surface area contributed by atoms with E-state index in [0.717, 1.165) is 16.7 Å². The van der Waals surface area contributed by atoms with Gasteiger partial charge in [-0.1, -0.05) is 40.3 Å². The van der Waals surface area contributed by atoms with Crippen molar-refractivity contribution in [1.29, 1.82) is 0 Å². The van der Waals surface area contributed by atoms with Crippen molar-refractivity contribution in [2.24, 2.45) is 0 Å². The van der Waals surface area contributed by atoms with Crippen molar-refractivity contribution in [2.75, 3.05) is 5.32 Å². The Morgan fingerprint density at radius 2 is 1.80 bits per heavy atom. The maximum absolute atomic E-state index is 13.0. The number of benzene rings is 2. The third kappa shape index (κ3) is 4.89. The number of aryl methyl sites for hydroxylation is 2. The molecular weight excluding hydrogens is 425 g/mol. The summed E-state index contributed by atoms with van der Waals surface area (Å²) in [4.78, 5) is 12.3. The van der Waals surface area contributed by atoms with E-state index in [-0.39, 0.29) is 10.8 Å². The van der Waals surface area contributed by atoms with Crippen LogP contribution in [0, 0.1) is 19.7 Å². The van der Waals surface area contributed by atoms with E-state index in [0.29, 0.717) is 27.6 Å². The second-order valence-corrected chi connectivity index (χ2v) is 8.49. The summed E-state index contributed by atoms with van der Waals surface area (Å²) in [5.74, 6) is 0.131. The third-order valence-electron chi connectivity index (χ3n) is 3.96. The molecule has 0 saturated heterocycles. The average molecular weight is 442 g/mol. The van der Waals surface area contributed by atoms with Gasteiger partial charge in [0, 0.05) is 11.3 Å². The number of thioether (sulfide) groups is 1. The minimum Gasteiger partial charge on any atom is -0.411 e. The molecule has 4 rings (SSSR count). The molecular formula is C20H16FN5O2S2. The number of aromatic nitrogens is 4. The van der Waals surface area contributed by atoms with Gasteiger partial charge in [0.15, 0.2) is 0 Å². The maximum atomic E-state index is 13.0. The highest BCUT2D eigenvalue weighted by Gasteiger charge is 2.15. The molecule has 1 amide bonds. The van der Waals surface area contributed by atoms with Gasteiger partial charge in [-0.2, -0.15) is 0 Å². The zero-order valence-corrected chi connectivity index (χ0v) is 17.7. The van der Waals surface area contributed by atoms with Crippen molar-refractivity contribution in [3.05, 3.63) is 69.4 Å².